The summed E-state index contributed by atoms with van der Waals surface area (Å²) >= 11 is 0. The molecule has 0 bridgehead atoms. The first-order chi connectivity index (χ1) is 14.1. The van der Waals surface area contributed by atoms with Gasteiger partial charge in [-0.15, -0.1) is 24.0 Å². The molecule has 0 aliphatic heterocycles. The van der Waals surface area contributed by atoms with Gasteiger partial charge in [0.1, 0.15) is 0 Å². The monoisotopic (exact) mass is 523 g/mol. The Morgan fingerprint density at radius 1 is 1.17 bits per heavy atom. The molecule has 7 heteroatoms. The second-order valence-electron chi connectivity index (χ2n) is 8.05. The van der Waals surface area contributed by atoms with E-state index < -0.39 is 0 Å². The maximum Gasteiger partial charge on any atom is 0.230 e. The lowest BCUT2D eigenvalue weighted by Crippen LogP contribution is -2.43. The van der Waals surface area contributed by atoms with E-state index in [0.717, 1.165) is 62.1 Å². The zero-order valence-electron chi connectivity index (χ0n) is 18.3. The molecule has 0 atom stereocenters. The van der Waals surface area contributed by atoms with Crippen molar-refractivity contribution >= 4 is 46.7 Å². The number of hydrogen-bond acceptors (Lipinski definition) is 3. The fourth-order valence-electron chi connectivity index (χ4n) is 4.22. The molecule has 1 amide bonds. The Labute approximate surface area is 196 Å². The summed E-state index contributed by atoms with van der Waals surface area (Å²) < 4.78 is 0. The second kappa shape index (κ2) is 11.5. The Kier molecular flexibility index (Phi) is 9.33. The summed E-state index contributed by atoms with van der Waals surface area (Å²) in [6.45, 7) is 4.14. The standard InChI is InChI=1S/C23H33N5O.HI/c1-4-24-22(27-17-23(13-5-6-14-23)21(29)28(2)3)26-16-12-19-10-7-9-18-11-8-15-25-20(18)19;/h7-11,15H,4-6,12-14,16-17H2,1-3H3,(H2,24,26,27);1H. The normalized spacial score (nSPS) is 15.5. The van der Waals surface area contributed by atoms with E-state index in [4.69, 9.17) is 4.99 Å². The molecule has 30 heavy (non-hydrogen) atoms. The van der Waals surface area contributed by atoms with Gasteiger partial charge in [-0.05, 0) is 37.8 Å². The van der Waals surface area contributed by atoms with Gasteiger partial charge in [0, 0.05) is 38.8 Å². The molecule has 1 aliphatic carbocycles. The number of guanidine groups is 1. The first-order valence-corrected chi connectivity index (χ1v) is 10.6. The molecule has 1 aromatic heterocycles. The lowest BCUT2D eigenvalue weighted by Gasteiger charge is -2.29. The number of nitrogens with one attached hydrogen (secondary N) is 2. The van der Waals surface area contributed by atoms with Gasteiger partial charge in [0.25, 0.3) is 0 Å². The summed E-state index contributed by atoms with van der Waals surface area (Å²) in [5, 5.41) is 7.91. The van der Waals surface area contributed by atoms with Gasteiger partial charge in [-0.1, -0.05) is 37.1 Å². The Morgan fingerprint density at radius 3 is 2.60 bits per heavy atom. The summed E-state index contributed by atoms with van der Waals surface area (Å²) in [7, 11) is 3.68. The number of benzene rings is 1. The quantitative estimate of drug-likeness (QED) is 0.331. The minimum atomic E-state index is -0.342. The van der Waals surface area contributed by atoms with Crippen molar-refractivity contribution in [2.24, 2.45) is 10.4 Å². The van der Waals surface area contributed by atoms with Crippen LogP contribution in [0.15, 0.2) is 41.5 Å². The number of aromatic nitrogens is 1. The van der Waals surface area contributed by atoms with Crippen LogP contribution >= 0.6 is 24.0 Å². The third-order valence-corrected chi connectivity index (χ3v) is 5.71. The van der Waals surface area contributed by atoms with Gasteiger partial charge in [-0.3, -0.25) is 14.8 Å². The minimum absolute atomic E-state index is 0. The van der Waals surface area contributed by atoms with Gasteiger partial charge in [0.05, 0.1) is 17.5 Å². The van der Waals surface area contributed by atoms with Crippen LogP contribution in [0, 0.1) is 5.41 Å². The highest BCUT2D eigenvalue weighted by molar-refractivity contribution is 14.0. The Bertz CT molecular complexity index is 856. The summed E-state index contributed by atoms with van der Waals surface area (Å²) in [4.78, 5) is 23.8. The largest absolute Gasteiger partial charge is 0.357 e. The van der Waals surface area contributed by atoms with Crippen LogP contribution in [-0.2, 0) is 11.2 Å². The average Bonchev–Trinajstić information content (AvgIpc) is 3.21. The molecule has 3 rings (SSSR count). The Morgan fingerprint density at radius 2 is 1.90 bits per heavy atom. The van der Waals surface area contributed by atoms with E-state index in [0.29, 0.717) is 6.54 Å². The molecule has 2 N–H and O–H groups in total. The molecule has 164 valence electrons. The minimum Gasteiger partial charge on any atom is -0.357 e. The third-order valence-electron chi connectivity index (χ3n) is 5.71. The van der Waals surface area contributed by atoms with Crippen LogP contribution in [0.4, 0.5) is 0 Å². The van der Waals surface area contributed by atoms with Crippen LogP contribution in [0.2, 0.25) is 0 Å². The second-order valence-corrected chi connectivity index (χ2v) is 8.05. The molecule has 1 saturated carbocycles. The fourth-order valence-corrected chi connectivity index (χ4v) is 4.22. The van der Waals surface area contributed by atoms with Gasteiger partial charge in [-0.2, -0.15) is 0 Å². The molecule has 0 saturated heterocycles. The van der Waals surface area contributed by atoms with Gasteiger partial charge in [-0.25, -0.2) is 0 Å². The molecule has 1 aliphatic rings. The third kappa shape index (κ3) is 5.83. The molecule has 0 unspecified atom stereocenters. The van der Waals surface area contributed by atoms with Gasteiger partial charge in [0.2, 0.25) is 5.91 Å². The van der Waals surface area contributed by atoms with E-state index in [1.165, 1.54) is 5.56 Å². The van der Waals surface area contributed by atoms with Crippen molar-refractivity contribution in [2.45, 2.75) is 39.0 Å². The summed E-state index contributed by atoms with van der Waals surface area (Å²) in [5.41, 5.74) is 1.94. The maximum atomic E-state index is 12.8. The number of carbonyl (C=O) groups excluding carboxylic acids is 1. The molecule has 1 heterocycles. The predicted molar refractivity (Wildman–Crippen MR) is 134 cm³/mol. The number of carbonyl (C=O) groups is 1. The lowest BCUT2D eigenvalue weighted by atomic mass is 9.85. The predicted octanol–water partition coefficient (Wildman–Crippen LogP) is 3.60. The number of hydrogen-bond donors (Lipinski definition) is 2. The van der Waals surface area contributed by atoms with Crippen molar-refractivity contribution in [2.75, 3.05) is 33.7 Å². The van der Waals surface area contributed by atoms with E-state index >= 15 is 0 Å². The number of para-hydroxylation sites is 1. The molecule has 6 nitrogen and oxygen atoms in total. The summed E-state index contributed by atoms with van der Waals surface area (Å²) in [6, 6.07) is 10.4. The first kappa shape index (κ1) is 24.4. The van der Waals surface area contributed by atoms with Gasteiger partial charge in [0.15, 0.2) is 5.96 Å². The zero-order chi connectivity index (χ0) is 20.7. The van der Waals surface area contributed by atoms with Gasteiger partial charge >= 0.3 is 0 Å². The van der Waals surface area contributed by atoms with Crippen LogP contribution in [0.3, 0.4) is 0 Å². The van der Waals surface area contributed by atoms with E-state index in [-0.39, 0.29) is 35.3 Å². The number of amides is 1. The highest BCUT2D eigenvalue weighted by atomic mass is 127. The number of aliphatic imine (C=N–C) groups is 1. The molecule has 2 aromatic rings. The van der Waals surface area contributed by atoms with Crippen LogP contribution in [0.1, 0.15) is 38.2 Å². The molecular weight excluding hydrogens is 489 g/mol. The molecular formula is C23H34IN5O. The Balaban J connectivity index is 0.00000320. The van der Waals surface area contributed by atoms with Crippen molar-refractivity contribution in [1.82, 2.24) is 20.5 Å². The number of pyridine rings is 1. The van der Waals surface area contributed by atoms with Crippen molar-refractivity contribution in [1.29, 1.82) is 0 Å². The van der Waals surface area contributed by atoms with Crippen LogP contribution in [0.25, 0.3) is 10.9 Å². The van der Waals surface area contributed by atoms with E-state index in [1.54, 1.807) is 4.90 Å². The number of nitrogens with zero attached hydrogens (tertiary/aromatic N) is 3. The first-order valence-electron chi connectivity index (χ1n) is 10.6. The van der Waals surface area contributed by atoms with Crippen molar-refractivity contribution in [3.8, 4) is 0 Å². The fraction of sp³-hybridized carbons (Fsp3) is 0.522. The maximum absolute atomic E-state index is 12.8. The number of halogens is 1. The SMILES string of the molecule is CCNC(=NCC1(C(=O)N(C)C)CCCC1)NCCc1cccc2cccnc12.I. The van der Waals surface area contributed by atoms with Crippen molar-refractivity contribution in [3.63, 3.8) is 0 Å². The van der Waals surface area contributed by atoms with Crippen LogP contribution in [-0.4, -0.2) is 55.5 Å². The van der Waals surface area contributed by atoms with Crippen molar-refractivity contribution < 1.29 is 4.79 Å². The van der Waals surface area contributed by atoms with Gasteiger partial charge < -0.3 is 15.5 Å². The average molecular weight is 523 g/mol. The molecule has 1 fully saturated rings. The molecule has 0 spiro atoms. The van der Waals surface area contributed by atoms with Crippen molar-refractivity contribution in [3.05, 3.63) is 42.1 Å². The van der Waals surface area contributed by atoms with Crippen LogP contribution in [0.5, 0.6) is 0 Å². The lowest BCUT2D eigenvalue weighted by molar-refractivity contribution is -0.138. The number of fused-ring (bicyclic) bond motifs is 1. The highest BCUT2D eigenvalue weighted by Gasteiger charge is 2.42. The zero-order valence-corrected chi connectivity index (χ0v) is 20.6. The van der Waals surface area contributed by atoms with E-state index in [1.807, 2.05) is 26.4 Å². The molecule has 0 radical (unpaired) electrons. The topological polar surface area (TPSA) is 69.6 Å². The van der Waals surface area contributed by atoms with E-state index in [2.05, 4.69) is 46.8 Å². The smallest absolute Gasteiger partial charge is 0.230 e. The highest BCUT2D eigenvalue weighted by Crippen LogP contribution is 2.39. The number of rotatable bonds is 7. The molecule has 1 aromatic carbocycles. The summed E-state index contributed by atoms with van der Waals surface area (Å²) in [6.07, 6.45) is 6.76. The van der Waals surface area contributed by atoms with E-state index in [9.17, 15) is 4.79 Å². The summed E-state index contributed by atoms with van der Waals surface area (Å²) in [5.74, 6) is 0.981. The Hall–Kier alpha value is -1.90. The van der Waals surface area contributed by atoms with Crippen LogP contribution < -0.4 is 10.6 Å².